The Morgan fingerprint density at radius 1 is 0.442 bits per heavy atom. The molecule has 708 valence electrons. The van der Waals surface area contributed by atoms with E-state index in [1.807, 2.05) is 91.0 Å². The molecule has 11 nitrogen and oxygen atoms in total. The molecular weight excluding hydrogens is 1640 g/mol. The molecule has 0 radical (unpaired) electrons. The van der Waals surface area contributed by atoms with E-state index in [-0.39, 0.29) is 104 Å². The van der Waals surface area contributed by atoms with Gasteiger partial charge in [-0.05, 0) is 355 Å². The molecule has 0 aromatic heterocycles. The van der Waals surface area contributed by atoms with E-state index < -0.39 is 47.8 Å². The van der Waals surface area contributed by atoms with Gasteiger partial charge in [0.2, 0.25) is 0 Å². The maximum atomic E-state index is 14.3. The number of benzene rings is 5. The van der Waals surface area contributed by atoms with Crippen molar-refractivity contribution >= 4 is 42.7 Å². The van der Waals surface area contributed by atoms with Crippen LogP contribution in [0.5, 0.6) is 0 Å². The fourth-order valence-electron chi connectivity index (χ4n) is 30.2. The Kier molecular flexibility index (Phi) is 36.9. The van der Waals surface area contributed by atoms with E-state index >= 15 is 0 Å². The van der Waals surface area contributed by atoms with E-state index in [1.54, 1.807) is 42.0 Å². The molecule has 6 N–H and O–H groups in total. The Bertz CT molecular complexity index is 4700. The largest absolute Gasteiger partial charge is 2.00 e. The van der Waals surface area contributed by atoms with Gasteiger partial charge in [-0.1, -0.05) is 266 Å². The number of sulfone groups is 2. The zero-order valence-corrected chi connectivity index (χ0v) is 84.7. The minimum Gasteiger partial charge on any atom is -1.00 e. The summed E-state index contributed by atoms with van der Waals surface area (Å²) in [5.74, 6) is 9.04. The normalized spacial score (nSPS) is 37.2. The molecule has 0 amide bonds. The van der Waals surface area contributed by atoms with Crippen LogP contribution in [0.4, 0.5) is 0 Å². The molecule has 5 aromatic carbocycles. The topological polar surface area (TPSA) is 202 Å². The van der Waals surface area contributed by atoms with Crippen LogP contribution < -0.4 is 18.9 Å². The molecule has 15 heteroatoms. The van der Waals surface area contributed by atoms with Crippen molar-refractivity contribution in [2.75, 3.05) is 19.5 Å². The molecule has 28 atom stereocenters. The van der Waals surface area contributed by atoms with Crippen LogP contribution in [0.25, 0.3) is 0 Å². The van der Waals surface area contributed by atoms with Gasteiger partial charge in [0.1, 0.15) is 6.10 Å². The Morgan fingerprint density at radius 3 is 1.14 bits per heavy atom. The van der Waals surface area contributed by atoms with Gasteiger partial charge in [0.05, 0.1) is 56.4 Å². The van der Waals surface area contributed by atoms with Crippen LogP contribution in [0, 0.1) is 128 Å². The number of allylic oxidation sites excluding steroid dienone is 3. The van der Waals surface area contributed by atoms with Crippen LogP contribution in [-0.4, -0.2) is 112 Å². The number of unbranched alkanes of at least 4 members (excludes halogenated alkanes) is 1. The first-order valence-electron chi connectivity index (χ1n) is 50.2. The predicted molar refractivity (Wildman–Crippen MR) is 530 cm³/mol. The van der Waals surface area contributed by atoms with Gasteiger partial charge in [0.15, 0.2) is 19.7 Å². The maximum absolute atomic E-state index is 14.3. The van der Waals surface area contributed by atoms with Gasteiger partial charge >= 0.3 is 41.9 Å². The van der Waals surface area contributed by atoms with E-state index in [0.717, 1.165) is 171 Å². The van der Waals surface area contributed by atoms with Gasteiger partial charge in [-0.15, -0.1) is 0 Å². The molecule has 10 fully saturated rings. The van der Waals surface area contributed by atoms with E-state index in [4.69, 9.17) is 9.84 Å². The summed E-state index contributed by atoms with van der Waals surface area (Å²) in [5, 5.41) is 61.6. The number of aliphatic hydroxyl groups excluding tert-OH is 3. The molecule has 13 aliphatic rings. The van der Waals surface area contributed by atoms with Crippen molar-refractivity contribution in [2.24, 2.45) is 121 Å². The molecule has 5 aromatic rings. The molecule has 0 bridgehead atoms. The summed E-state index contributed by atoms with van der Waals surface area (Å²) in [6.45, 7) is 35.0. The second-order valence-electron chi connectivity index (χ2n) is 44.3. The summed E-state index contributed by atoms with van der Waals surface area (Å²) in [6, 6.07) is 47.9. The van der Waals surface area contributed by atoms with Gasteiger partial charge in [-0.3, -0.25) is 0 Å². The number of epoxide rings is 1. The van der Waals surface area contributed by atoms with Gasteiger partial charge < -0.3 is 45.2 Å². The number of aliphatic hydroxyl groups is 6. The average Bonchev–Trinajstić information content (AvgIpc) is 1.65. The number of ether oxygens (including phenoxy) is 1. The first-order valence-corrected chi connectivity index (χ1v) is 53.4. The van der Waals surface area contributed by atoms with Crippen LogP contribution in [-0.2, 0) is 24.4 Å². The van der Waals surface area contributed by atoms with Crippen molar-refractivity contribution in [2.45, 2.75) is 353 Å². The van der Waals surface area contributed by atoms with E-state index in [1.165, 1.54) is 93.8 Å². The third-order valence-electron chi connectivity index (χ3n) is 38.2. The van der Waals surface area contributed by atoms with Crippen molar-refractivity contribution < 1.29 is 73.9 Å². The number of hydrogen-bond donors (Lipinski definition) is 6. The second kappa shape index (κ2) is 44.4. The van der Waals surface area contributed by atoms with Crippen molar-refractivity contribution in [3.63, 3.8) is 0 Å². The SMILES string of the molecule is C.CC[C@]1(O)CC[C@@]2(C)C(=CC[C@H]3[C@@H]4CC[C@H]([C@H](C)C(C[C@@H](O)c5ccccc5)S(=O)(=O)c5ccccc5)[C@@]4(C)CC[C@@H]32)C1.CC[C@]1(O)CC[C@@]2(C)C(=CC[C@H]3[C@@H]4CC[C@H]([C@H](C)CC[C@@H](O)c5ccccc5)[C@@]4(C)CC[C@@H]32)C1.CC[C@]1(O)CC[C@@]2(C)C(=CC[C@H]3[C@@H]4CC[C@H]([C@H](C)CS(=O)(=O)c5ccccc5)[C@@]4(C)CC[C@@H]32)C1.CO.[CH2-]CCC.[H-].[H-].[Li+].[Mg+2].c1ccc([C@H]2CO2)cc1. The first kappa shape index (κ1) is 107. The second-order valence-corrected chi connectivity index (χ2v) is 48.5. The molecule has 1 heterocycles. The third kappa shape index (κ3) is 22.2. The molecule has 129 heavy (non-hydrogen) atoms. The zero-order valence-electron chi connectivity index (χ0n) is 83.6. The summed E-state index contributed by atoms with van der Waals surface area (Å²) in [7, 11) is -5.92. The smallest absolute Gasteiger partial charge is 1.00 e. The van der Waals surface area contributed by atoms with Crippen molar-refractivity contribution in [3.05, 3.63) is 210 Å². The zero-order chi connectivity index (χ0) is 90.6. The van der Waals surface area contributed by atoms with Crippen LogP contribution in [0.3, 0.4) is 0 Å². The summed E-state index contributed by atoms with van der Waals surface area (Å²) < 4.78 is 60.0. The van der Waals surface area contributed by atoms with E-state index in [9.17, 15) is 42.4 Å². The van der Waals surface area contributed by atoms with Gasteiger partial charge in [-0.2, -0.15) is 6.42 Å². The Morgan fingerprint density at radius 2 is 0.775 bits per heavy atom. The minimum atomic E-state index is -3.66. The number of fused-ring (bicyclic) bond motifs is 15. The minimum absolute atomic E-state index is 0. The molecule has 1 unspecified atom stereocenters. The molecular formula is C114H171LiMgO11S2. The summed E-state index contributed by atoms with van der Waals surface area (Å²) in [6.07, 6.45) is 41.0. The summed E-state index contributed by atoms with van der Waals surface area (Å²) in [5.41, 5.74) is 7.78. The van der Waals surface area contributed by atoms with Gasteiger partial charge in [0, 0.05) is 7.11 Å². The quantitative estimate of drug-likeness (QED) is 0.0177. The Hall–Kier alpha value is -3.70. The van der Waals surface area contributed by atoms with Crippen LogP contribution in [0.15, 0.2) is 196 Å². The van der Waals surface area contributed by atoms with Crippen LogP contribution in [0.2, 0.25) is 0 Å². The summed E-state index contributed by atoms with van der Waals surface area (Å²) >= 11 is 0. The molecule has 1 saturated heterocycles. The number of hydrogen-bond acceptors (Lipinski definition) is 11. The Balaban J connectivity index is 0.000000221. The fraction of sp³-hybridized carbons (Fsp3) is 0.675. The molecule has 18 rings (SSSR count). The standard InChI is InChI=1S/C38H52O4S.C32H48O2.C30H44O3S.C8H8O.C4H9.CH4O.CH4.Li.Mg.2H/c1-5-38(40)23-22-36(3)28(25-38)16-17-30-32-19-18-31(37(32,4)21-20-33(30)36)26(2)35(24-34(39)27-12-8-6-9-13-27)43(41,42)29-14-10-7-11-15-29;1-5-32(34)20-19-30(3)24(21-32)12-13-25-27-15-14-26(31(27,4)18-17-28(25)30)22(2)11-16-29(33)23-9-7-6-8-10-23;1-5-30(31)18-17-28(3)22(19-30)11-12-24-26-14-13-25(29(26,4)16-15-27(24)28)21(2)20-34(32,33)23-9-7-6-8-10-23;1-2-4-7(5-3-1)8-6-9-8;1-3-4-2;1-2;;;;;/h6-16,26,30-35,39-40H,5,17-25H2,1-4H3;6-10,12,22,25-29,33-34H,5,11,13-21H2,1-4H3;6-11,21,24-27,31H,5,12-20H2,1-4H3;1-5,8H,6H2;1,3-4H2,2H3;2H,1H3;1H4;;;;/q;;;;-1;;;+1;+2;2*-1/t26-,30-,31+,32-,33-,34+,35?,36-,37+,38-;22-,25+,26-,27+,28+,29-,30+,31-,32+;21-,24+,25-,26+,27+,28+,29-,30+;8-;;;;;;;/m0111......./s1. The van der Waals surface area contributed by atoms with Gasteiger partial charge in [0.25, 0.3) is 0 Å². The van der Waals surface area contributed by atoms with Crippen molar-refractivity contribution in [1.29, 1.82) is 0 Å². The molecule has 1 aliphatic heterocycles. The van der Waals surface area contributed by atoms with Crippen LogP contribution >= 0.6 is 0 Å². The molecule has 9 saturated carbocycles. The number of rotatable bonds is 21. The third-order valence-corrected chi connectivity index (χ3v) is 42.5. The fourth-order valence-corrected chi connectivity index (χ4v) is 33.9. The summed E-state index contributed by atoms with van der Waals surface area (Å²) in [4.78, 5) is 0.824. The van der Waals surface area contributed by atoms with E-state index in [0.29, 0.717) is 80.0 Å². The van der Waals surface area contributed by atoms with Crippen LogP contribution in [0.1, 0.15) is 341 Å². The van der Waals surface area contributed by atoms with Gasteiger partial charge in [-0.25, -0.2) is 16.8 Å². The average molecular weight is 1810 g/mol. The molecule has 0 spiro atoms. The monoisotopic (exact) mass is 1810 g/mol. The first-order chi connectivity index (χ1) is 60.0. The Labute approximate surface area is 814 Å². The molecule has 12 aliphatic carbocycles. The predicted octanol–water partition coefficient (Wildman–Crippen LogP) is 23.5. The van der Waals surface area contributed by atoms with E-state index in [2.05, 4.69) is 139 Å². The van der Waals surface area contributed by atoms with Crippen molar-refractivity contribution in [3.8, 4) is 0 Å². The van der Waals surface area contributed by atoms with Crippen molar-refractivity contribution in [1.82, 2.24) is 0 Å². The maximum Gasteiger partial charge on any atom is 2.00 e.